The van der Waals surface area contributed by atoms with E-state index in [1.807, 2.05) is 36.7 Å². The van der Waals surface area contributed by atoms with Gasteiger partial charge in [-0.3, -0.25) is 25.7 Å². The Balaban J connectivity index is 0.00000363. The van der Waals surface area contributed by atoms with Gasteiger partial charge in [-0.25, -0.2) is 0 Å². The van der Waals surface area contributed by atoms with Gasteiger partial charge in [0.2, 0.25) is 0 Å². The van der Waals surface area contributed by atoms with Crippen LogP contribution in [0.1, 0.15) is 16.8 Å². The number of hydrogen-bond acceptors (Lipinski definition) is 6. The zero-order valence-corrected chi connectivity index (χ0v) is 19.5. The predicted molar refractivity (Wildman–Crippen MR) is 117 cm³/mol. The van der Waals surface area contributed by atoms with Gasteiger partial charge in [0, 0.05) is 35.2 Å². The van der Waals surface area contributed by atoms with Crippen molar-refractivity contribution in [3.8, 4) is 0 Å². The van der Waals surface area contributed by atoms with Gasteiger partial charge in [0.05, 0.1) is 15.9 Å². The molecule has 9 nitrogen and oxygen atoms in total. The minimum absolute atomic E-state index is 0. The van der Waals surface area contributed by atoms with Gasteiger partial charge < -0.3 is 17.0 Å². The van der Waals surface area contributed by atoms with E-state index >= 15 is 0 Å². The summed E-state index contributed by atoms with van der Waals surface area (Å²) >= 11 is 6.00. The molecule has 3 aromatic rings. The molecule has 1 heterocycles. The lowest BCUT2D eigenvalue weighted by Crippen LogP contribution is -3.00. The van der Waals surface area contributed by atoms with E-state index in [-0.39, 0.29) is 28.4 Å². The minimum Gasteiger partial charge on any atom is -1.00 e. The quantitative estimate of drug-likeness (QED) is 0.220. The first-order valence-electron chi connectivity index (χ1n) is 9.23. The molecule has 0 aliphatic rings. The summed E-state index contributed by atoms with van der Waals surface area (Å²) in [7, 11) is 0. The topological polar surface area (TPSA) is 115 Å². The highest BCUT2D eigenvalue weighted by molar-refractivity contribution is 6.30. The summed E-state index contributed by atoms with van der Waals surface area (Å²) in [5, 5.41) is 27.3. The average molecular weight is 521 g/mol. The van der Waals surface area contributed by atoms with E-state index in [4.69, 9.17) is 11.6 Å². The van der Waals surface area contributed by atoms with Crippen LogP contribution < -0.4 is 27.0 Å². The van der Waals surface area contributed by atoms with Crippen LogP contribution in [-0.4, -0.2) is 15.6 Å². The van der Waals surface area contributed by atoms with Crippen molar-refractivity contribution in [1.29, 1.82) is 0 Å². The number of aryl methyl sites for hydroxylation is 1. The molecule has 0 atom stereocenters. The summed E-state index contributed by atoms with van der Waals surface area (Å²) in [4.78, 5) is 21.0. The Labute approximate surface area is 199 Å². The third-order valence-corrected chi connectivity index (χ3v) is 5.06. The summed E-state index contributed by atoms with van der Waals surface area (Å²) < 4.78 is 2.01. The number of rotatable bonds is 7. The molecule has 1 aromatic heterocycles. The molecule has 0 fully saturated rings. The third kappa shape index (κ3) is 5.86. The first-order chi connectivity index (χ1) is 14.8. The van der Waals surface area contributed by atoms with Gasteiger partial charge in [-0.15, -0.1) is 0 Å². The van der Waals surface area contributed by atoms with Crippen molar-refractivity contribution < 1.29 is 31.4 Å². The fourth-order valence-corrected chi connectivity index (χ4v) is 3.05. The van der Waals surface area contributed by atoms with Crippen molar-refractivity contribution in [2.24, 2.45) is 5.10 Å². The Morgan fingerprint density at radius 3 is 2.38 bits per heavy atom. The number of non-ortho nitro benzene ring substituents is 1. The molecule has 0 saturated carbocycles. The highest BCUT2D eigenvalue weighted by Gasteiger charge is 2.20. The lowest BCUT2D eigenvalue weighted by atomic mass is 10.1. The molecule has 3 rings (SSSR count). The van der Waals surface area contributed by atoms with Crippen molar-refractivity contribution in [1.82, 2.24) is 0 Å². The number of nitro groups is 2. The molecule has 166 valence electrons. The fraction of sp³-hybridized carbons (Fsp3) is 0.143. The van der Waals surface area contributed by atoms with Crippen LogP contribution in [0.4, 0.5) is 17.1 Å². The molecule has 0 bridgehead atoms. The standard InChI is InChI=1S/C21H19ClN5O4.BrH/c1-14-4-3-11-25(15(14)2)13-20(16-5-7-17(22)8-6-16)24-23-19-10-9-18(26(28)29)12-21(19)27(30)31;/h3-12,23H,13H2,1-2H3;1H/q+1;/p-1. The van der Waals surface area contributed by atoms with Gasteiger partial charge in [-0.2, -0.15) is 9.67 Å². The van der Waals surface area contributed by atoms with Gasteiger partial charge in [0.1, 0.15) is 11.4 Å². The summed E-state index contributed by atoms with van der Waals surface area (Å²) in [6.45, 7) is 4.38. The van der Waals surface area contributed by atoms with Crippen molar-refractivity contribution >= 4 is 34.4 Å². The summed E-state index contributed by atoms with van der Waals surface area (Å²) in [5.74, 6) is 0. The number of benzene rings is 2. The van der Waals surface area contributed by atoms with Gasteiger partial charge in [-0.05, 0) is 31.2 Å². The second kappa shape index (κ2) is 10.8. The Kier molecular flexibility index (Phi) is 8.39. The largest absolute Gasteiger partial charge is 1.00 e. The Hall–Kier alpha value is -3.37. The predicted octanol–water partition coefficient (Wildman–Crippen LogP) is 1.58. The van der Waals surface area contributed by atoms with Crippen LogP contribution >= 0.6 is 11.6 Å². The average Bonchev–Trinajstić information content (AvgIpc) is 2.74. The third-order valence-electron chi connectivity index (χ3n) is 4.81. The number of nitro benzene ring substituents is 2. The lowest BCUT2D eigenvalue weighted by Gasteiger charge is -2.08. The van der Waals surface area contributed by atoms with Crippen LogP contribution in [-0.2, 0) is 6.54 Å². The Bertz CT molecular complexity index is 1190. The maximum atomic E-state index is 11.4. The molecular formula is C21H19BrClN5O4. The van der Waals surface area contributed by atoms with E-state index in [0.717, 1.165) is 22.9 Å². The van der Waals surface area contributed by atoms with Crippen molar-refractivity contribution in [3.63, 3.8) is 0 Å². The summed E-state index contributed by atoms with van der Waals surface area (Å²) in [5.41, 5.74) is 5.48. The molecule has 0 saturated heterocycles. The minimum atomic E-state index is -0.688. The molecule has 2 aromatic carbocycles. The van der Waals surface area contributed by atoms with Gasteiger partial charge in [0.25, 0.3) is 5.69 Å². The molecule has 0 aliphatic carbocycles. The zero-order valence-electron chi connectivity index (χ0n) is 17.2. The molecule has 32 heavy (non-hydrogen) atoms. The van der Waals surface area contributed by atoms with E-state index < -0.39 is 15.5 Å². The number of pyridine rings is 1. The normalized spacial score (nSPS) is 10.9. The van der Waals surface area contributed by atoms with E-state index in [2.05, 4.69) is 10.5 Å². The SMILES string of the molecule is Cc1ccc[n+](CC(=NNc2ccc([N+](=O)[O-])cc2[N+](=O)[O-])c2ccc(Cl)cc2)c1C.[Br-]. The van der Waals surface area contributed by atoms with Crippen LogP contribution in [0, 0.1) is 34.1 Å². The zero-order chi connectivity index (χ0) is 22.5. The van der Waals surface area contributed by atoms with Crippen molar-refractivity contribution in [2.75, 3.05) is 5.43 Å². The smallest absolute Gasteiger partial charge is 0.301 e. The number of aromatic nitrogens is 1. The van der Waals surface area contributed by atoms with Crippen LogP contribution in [0.5, 0.6) is 0 Å². The number of nitrogens with zero attached hydrogens (tertiary/aromatic N) is 4. The highest BCUT2D eigenvalue weighted by atomic mass is 79.9. The number of nitrogens with one attached hydrogen (secondary N) is 1. The maximum absolute atomic E-state index is 11.4. The lowest BCUT2D eigenvalue weighted by molar-refractivity contribution is -0.688. The van der Waals surface area contributed by atoms with Crippen molar-refractivity contribution in [2.45, 2.75) is 20.4 Å². The van der Waals surface area contributed by atoms with Crippen LogP contribution in [0.25, 0.3) is 0 Å². The second-order valence-corrected chi connectivity index (χ2v) is 7.23. The second-order valence-electron chi connectivity index (χ2n) is 6.80. The first-order valence-corrected chi connectivity index (χ1v) is 9.61. The monoisotopic (exact) mass is 519 g/mol. The number of hydrazone groups is 1. The van der Waals surface area contributed by atoms with Gasteiger partial charge >= 0.3 is 5.69 Å². The molecule has 11 heteroatoms. The van der Waals surface area contributed by atoms with E-state index in [0.29, 0.717) is 17.3 Å². The Morgan fingerprint density at radius 1 is 1.06 bits per heavy atom. The molecular weight excluding hydrogens is 502 g/mol. The van der Waals surface area contributed by atoms with Crippen molar-refractivity contribution in [3.05, 3.63) is 103 Å². The molecule has 0 unspecified atom stereocenters. The maximum Gasteiger partial charge on any atom is 0.301 e. The molecule has 0 aliphatic heterocycles. The molecule has 0 radical (unpaired) electrons. The van der Waals surface area contributed by atoms with Crippen LogP contribution in [0.15, 0.2) is 65.9 Å². The van der Waals surface area contributed by atoms with Gasteiger partial charge in [-0.1, -0.05) is 23.7 Å². The number of hydrogen-bond donors (Lipinski definition) is 1. The first kappa shape index (κ1) is 24.9. The number of halogens is 2. The highest BCUT2D eigenvalue weighted by Crippen LogP contribution is 2.29. The summed E-state index contributed by atoms with van der Waals surface area (Å²) in [6.07, 6.45) is 1.92. The molecule has 0 spiro atoms. The van der Waals surface area contributed by atoms with E-state index in [9.17, 15) is 20.2 Å². The van der Waals surface area contributed by atoms with E-state index in [1.165, 1.54) is 12.1 Å². The van der Waals surface area contributed by atoms with Crippen LogP contribution in [0.3, 0.4) is 0 Å². The van der Waals surface area contributed by atoms with E-state index in [1.54, 1.807) is 24.3 Å². The van der Waals surface area contributed by atoms with Gasteiger partial charge in [0.15, 0.2) is 18.4 Å². The molecule has 0 amide bonds. The Morgan fingerprint density at radius 2 is 1.75 bits per heavy atom. The van der Waals surface area contributed by atoms with Crippen LogP contribution in [0.2, 0.25) is 5.02 Å². The fourth-order valence-electron chi connectivity index (χ4n) is 2.92. The number of anilines is 1. The molecule has 1 N–H and O–H groups in total. The summed E-state index contributed by atoms with van der Waals surface area (Å²) in [6, 6.07) is 14.4.